The number of rotatable bonds is 3. The molecule has 0 saturated heterocycles. The lowest BCUT2D eigenvalue weighted by molar-refractivity contribution is 0.709. The van der Waals surface area contributed by atoms with Crippen molar-refractivity contribution in [1.82, 2.24) is 5.32 Å². The first-order valence-electron chi connectivity index (χ1n) is 9.53. The second-order valence-corrected chi connectivity index (χ2v) is 7.46. The summed E-state index contributed by atoms with van der Waals surface area (Å²) in [5.74, 6) is 2.33. The number of allylic oxidation sites excluding steroid dienone is 2. The van der Waals surface area contributed by atoms with Crippen LogP contribution in [0, 0.1) is 19.8 Å². The van der Waals surface area contributed by atoms with E-state index in [0.29, 0.717) is 5.92 Å². The zero-order valence-corrected chi connectivity index (χ0v) is 16.1. The molecular weight excluding hydrogens is 330 g/mol. The van der Waals surface area contributed by atoms with E-state index in [9.17, 15) is 0 Å². The van der Waals surface area contributed by atoms with E-state index in [2.05, 4.69) is 92.8 Å². The van der Waals surface area contributed by atoms with Crippen molar-refractivity contribution in [2.45, 2.75) is 33.4 Å². The lowest BCUT2D eigenvalue weighted by Gasteiger charge is -2.24. The summed E-state index contributed by atoms with van der Waals surface area (Å²) < 4.78 is 0. The van der Waals surface area contributed by atoms with Crippen LogP contribution < -0.4 is 5.32 Å². The molecule has 0 radical (unpaired) electrons. The monoisotopic (exact) mass is 355 g/mol. The van der Waals surface area contributed by atoms with Gasteiger partial charge < -0.3 is 5.32 Å². The van der Waals surface area contributed by atoms with Gasteiger partial charge in [0, 0.05) is 11.1 Å². The maximum atomic E-state index is 4.92. The molecule has 2 aromatic rings. The summed E-state index contributed by atoms with van der Waals surface area (Å²) in [4.78, 5) is 9.84. The van der Waals surface area contributed by atoms with Crippen molar-refractivity contribution < 1.29 is 0 Å². The summed E-state index contributed by atoms with van der Waals surface area (Å²) in [5, 5.41) is 3.45. The molecule has 0 bridgehead atoms. The van der Waals surface area contributed by atoms with Crippen LogP contribution >= 0.6 is 0 Å². The highest BCUT2D eigenvalue weighted by atomic mass is 15.2. The molecule has 0 fully saturated rings. The van der Waals surface area contributed by atoms with Gasteiger partial charge in [0.25, 0.3) is 0 Å². The molecule has 3 nitrogen and oxygen atoms in total. The van der Waals surface area contributed by atoms with Crippen LogP contribution in [0.25, 0.3) is 0 Å². The Morgan fingerprint density at radius 2 is 1.33 bits per heavy atom. The van der Waals surface area contributed by atoms with E-state index in [0.717, 1.165) is 29.2 Å². The van der Waals surface area contributed by atoms with Gasteiger partial charge in [0.05, 0.1) is 0 Å². The van der Waals surface area contributed by atoms with E-state index in [1.54, 1.807) is 0 Å². The van der Waals surface area contributed by atoms with Gasteiger partial charge in [0.2, 0.25) is 0 Å². The third-order valence-electron chi connectivity index (χ3n) is 5.03. The number of hydrogen-bond donors (Lipinski definition) is 1. The van der Waals surface area contributed by atoms with Crippen LogP contribution in [0.2, 0.25) is 0 Å². The molecule has 2 aliphatic rings. The molecule has 0 aromatic heterocycles. The van der Waals surface area contributed by atoms with Gasteiger partial charge in [-0.3, -0.25) is 0 Å². The van der Waals surface area contributed by atoms with Crippen molar-refractivity contribution in [3.05, 3.63) is 94.6 Å². The molecule has 27 heavy (non-hydrogen) atoms. The maximum Gasteiger partial charge on any atom is 0.169 e. The van der Waals surface area contributed by atoms with Gasteiger partial charge >= 0.3 is 0 Å². The largest absolute Gasteiger partial charge is 0.324 e. The standard InChI is InChI=1S/C24H25N3/c1-16-4-10-19(11-5-16)22-25-23(20-12-6-17(2)7-13-20)27-24(26-22)21-14-8-18(3)9-15-21/h4-8,10-15,18,24H,9H2,1-3H3,(H,25,26,27). The normalized spacial score (nSPS) is 19.8. The molecule has 1 unspecified atom stereocenters. The minimum Gasteiger partial charge on any atom is -0.324 e. The van der Waals surface area contributed by atoms with Gasteiger partial charge in [0.15, 0.2) is 6.17 Å². The minimum atomic E-state index is -0.206. The Balaban J connectivity index is 1.73. The first kappa shape index (κ1) is 17.5. The molecular formula is C24H25N3. The van der Waals surface area contributed by atoms with Crippen LogP contribution in [0.3, 0.4) is 0 Å². The quantitative estimate of drug-likeness (QED) is 0.831. The summed E-state index contributed by atoms with van der Waals surface area (Å²) in [6.45, 7) is 6.43. The fourth-order valence-electron chi connectivity index (χ4n) is 3.25. The number of aryl methyl sites for hydroxylation is 2. The van der Waals surface area contributed by atoms with E-state index in [1.165, 1.54) is 16.7 Å². The molecule has 1 atom stereocenters. The van der Waals surface area contributed by atoms with Crippen molar-refractivity contribution in [1.29, 1.82) is 0 Å². The highest BCUT2D eigenvalue weighted by Crippen LogP contribution is 2.23. The smallest absolute Gasteiger partial charge is 0.169 e. The Hall–Kier alpha value is -2.94. The zero-order chi connectivity index (χ0) is 18.8. The van der Waals surface area contributed by atoms with Gasteiger partial charge in [-0.2, -0.15) is 0 Å². The number of aliphatic imine (C=N–C) groups is 2. The predicted octanol–water partition coefficient (Wildman–Crippen LogP) is 4.95. The average molecular weight is 355 g/mol. The van der Waals surface area contributed by atoms with Crippen molar-refractivity contribution in [2.75, 3.05) is 0 Å². The first-order valence-corrected chi connectivity index (χ1v) is 9.53. The Morgan fingerprint density at radius 3 is 1.78 bits per heavy atom. The van der Waals surface area contributed by atoms with E-state index in [1.807, 2.05) is 0 Å². The predicted molar refractivity (Wildman–Crippen MR) is 113 cm³/mol. The summed E-state index contributed by atoms with van der Waals surface area (Å²) in [6, 6.07) is 16.9. The molecule has 4 rings (SSSR count). The molecule has 1 aliphatic carbocycles. The third kappa shape index (κ3) is 3.92. The average Bonchev–Trinajstić information content (AvgIpc) is 2.69. The Labute approximate surface area is 161 Å². The molecule has 0 spiro atoms. The fraction of sp³-hybridized carbons (Fsp3) is 0.250. The van der Waals surface area contributed by atoms with Crippen LogP contribution in [0.4, 0.5) is 0 Å². The molecule has 3 heteroatoms. The van der Waals surface area contributed by atoms with Gasteiger partial charge in [0.1, 0.15) is 11.7 Å². The minimum absolute atomic E-state index is 0.206. The van der Waals surface area contributed by atoms with Crippen molar-refractivity contribution >= 4 is 11.7 Å². The lowest BCUT2D eigenvalue weighted by atomic mass is 9.97. The molecule has 2 aromatic carbocycles. The number of benzene rings is 2. The molecule has 1 N–H and O–H groups in total. The summed E-state index contributed by atoms with van der Waals surface area (Å²) in [5.41, 5.74) is 5.82. The van der Waals surface area contributed by atoms with E-state index in [4.69, 9.17) is 9.98 Å². The summed E-state index contributed by atoms with van der Waals surface area (Å²) >= 11 is 0. The van der Waals surface area contributed by atoms with E-state index >= 15 is 0 Å². The zero-order valence-electron chi connectivity index (χ0n) is 16.1. The van der Waals surface area contributed by atoms with Crippen LogP contribution in [0.5, 0.6) is 0 Å². The van der Waals surface area contributed by atoms with Crippen molar-refractivity contribution in [3.63, 3.8) is 0 Å². The third-order valence-corrected chi connectivity index (χ3v) is 5.03. The van der Waals surface area contributed by atoms with E-state index < -0.39 is 0 Å². The first-order chi connectivity index (χ1) is 13.1. The van der Waals surface area contributed by atoms with Crippen LogP contribution in [0.15, 0.2) is 82.3 Å². The second-order valence-electron chi connectivity index (χ2n) is 7.46. The van der Waals surface area contributed by atoms with Gasteiger partial charge in [-0.1, -0.05) is 84.8 Å². The summed E-state index contributed by atoms with van der Waals surface area (Å²) in [7, 11) is 0. The Bertz CT molecular complexity index is 883. The topological polar surface area (TPSA) is 36.8 Å². The highest BCUT2D eigenvalue weighted by molar-refractivity contribution is 6.16. The number of amidine groups is 2. The molecule has 1 aliphatic heterocycles. The SMILES string of the molecule is Cc1ccc(C2=NC(C3=CCC(C)C=C3)N=C(c3ccc(C)cc3)N2)cc1. The maximum absolute atomic E-state index is 4.92. The van der Waals surface area contributed by atoms with Crippen LogP contribution in [-0.2, 0) is 0 Å². The van der Waals surface area contributed by atoms with Crippen molar-refractivity contribution in [3.8, 4) is 0 Å². The fourth-order valence-corrected chi connectivity index (χ4v) is 3.25. The van der Waals surface area contributed by atoms with Gasteiger partial charge in [-0.25, -0.2) is 9.98 Å². The number of nitrogens with zero attached hydrogens (tertiary/aromatic N) is 2. The second kappa shape index (κ2) is 7.36. The number of nitrogens with one attached hydrogen (secondary N) is 1. The van der Waals surface area contributed by atoms with Crippen LogP contribution in [0.1, 0.15) is 35.6 Å². The Kier molecular flexibility index (Phi) is 4.76. The highest BCUT2D eigenvalue weighted by Gasteiger charge is 2.22. The lowest BCUT2D eigenvalue weighted by Crippen LogP contribution is -2.38. The van der Waals surface area contributed by atoms with E-state index in [-0.39, 0.29) is 6.17 Å². The van der Waals surface area contributed by atoms with Gasteiger partial charge in [-0.05, 0) is 31.8 Å². The van der Waals surface area contributed by atoms with Crippen LogP contribution in [-0.4, -0.2) is 17.8 Å². The molecule has 0 amide bonds. The van der Waals surface area contributed by atoms with Crippen molar-refractivity contribution in [2.24, 2.45) is 15.9 Å². The molecule has 1 heterocycles. The molecule has 136 valence electrons. The molecule has 0 saturated carbocycles. The van der Waals surface area contributed by atoms with Gasteiger partial charge in [-0.15, -0.1) is 0 Å². The Morgan fingerprint density at radius 1 is 0.815 bits per heavy atom. The number of hydrogen-bond acceptors (Lipinski definition) is 3. The summed E-state index contributed by atoms with van der Waals surface area (Å²) in [6.07, 6.45) is 7.53.